The van der Waals surface area contributed by atoms with Crippen LogP contribution in [0.3, 0.4) is 0 Å². The highest BCUT2D eigenvalue weighted by atomic mass is 32.2. The van der Waals surface area contributed by atoms with Crippen molar-refractivity contribution < 1.29 is 9.26 Å². The van der Waals surface area contributed by atoms with Gasteiger partial charge in [0.2, 0.25) is 5.89 Å². The number of benzene rings is 1. The number of rotatable bonds is 6. The Kier molecular flexibility index (Phi) is 4.85. The molecule has 0 aliphatic carbocycles. The lowest BCUT2D eigenvalue weighted by Gasteiger charge is -2.02. The van der Waals surface area contributed by atoms with Crippen LogP contribution in [-0.2, 0) is 12.2 Å². The number of aromatic nitrogens is 2. The van der Waals surface area contributed by atoms with E-state index >= 15 is 0 Å². The van der Waals surface area contributed by atoms with Crippen molar-refractivity contribution in [3.63, 3.8) is 0 Å². The van der Waals surface area contributed by atoms with Crippen molar-refractivity contribution in [3.05, 3.63) is 36.0 Å². The van der Waals surface area contributed by atoms with E-state index < -0.39 is 0 Å². The van der Waals surface area contributed by atoms with Gasteiger partial charge in [-0.25, -0.2) is 0 Å². The summed E-state index contributed by atoms with van der Waals surface area (Å²) in [6.07, 6.45) is 0.854. The van der Waals surface area contributed by atoms with Gasteiger partial charge in [-0.15, -0.1) is 11.8 Å². The Morgan fingerprint density at radius 2 is 2.21 bits per heavy atom. The van der Waals surface area contributed by atoms with Gasteiger partial charge in [-0.3, -0.25) is 0 Å². The summed E-state index contributed by atoms with van der Waals surface area (Å²) in [6.45, 7) is 4.28. The average molecular weight is 278 g/mol. The van der Waals surface area contributed by atoms with Gasteiger partial charge in [0.15, 0.2) is 5.82 Å². The molecule has 1 aromatic heterocycles. The van der Waals surface area contributed by atoms with Gasteiger partial charge >= 0.3 is 0 Å². The second-order valence-electron chi connectivity index (χ2n) is 4.67. The summed E-state index contributed by atoms with van der Waals surface area (Å²) < 4.78 is 10.4. The molecule has 0 aliphatic rings. The van der Waals surface area contributed by atoms with Crippen LogP contribution in [0.25, 0.3) is 0 Å². The van der Waals surface area contributed by atoms with E-state index in [1.54, 1.807) is 18.9 Å². The molecule has 1 heterocycles. The molecule has 1 aromatic carbocycles. The van der Waals surface area contributed by atoms with Gasteiger partial charge in [0.25, 0.3) is 0 Å². The van der Waals surface area contributed by atoms with Crippen LogP contribution in [0.4, 0.5) is 0 Å². The summed E-state index contributed by atoms with van der Waals surface area (Å²) in [4.78, 5) is 5.51. The number of ether oxygens (including phenoxy) is 1. The number of nitrogens with zero attached hydrogens (tertiary/aromatic N) is 2. The van der Waals surface area contributed by atoms with E-state index in [4.69, 9.17) is 9.26 Å². The highest BCUT2D eigenvalue weighted by Gasteiger charge is 2.08. The third-order valence-corrected chi connectivity index (χ3v) is 3.48. The molecule has 0 saturated heterocycles. The standard InChI is InChI=1S/C14H18N2O2S/c1-10(2)7-13-15-14(18-16-13)9-19-12-6-4-5-11(8-12)17-3/h4-6,8,10H,7,9H2,1-3H3. The van der Waals surface area contributed by atoms with Crippen LogP contribution in [-0.4, -0.2) is 17.3 Å². The Labute approximate surface area is 117 Å². The van der Waals surface area contributed by atoms with E-state index in [-0.39, 0.29) is 0 Å². The molecule has 2 rings (SSSR count). The minimum Gasteiger partial charge on any atom is -0.497 e. The van der Waals surface area contributed by atoms with Crippen LogP contribution in [0.15, 0.2) is 33.7 Å². The zero-order valence-corrected chi connectivity index (χ0v) is 12.2. The van der Waals surface area contributed by atoms with E-state index in [0.717, 1.165) is 22.9 Å². The topological polar surface area (TPSA) is 48.2 Å². The molecule has 5 heteroatoms. The lowest BCUT2D eigenvalue weighted by atomic mass is 10.1. The maximum Gasteiger partial charge on any atom is 0.237 e. The van der Waals surface area contributed by atoms with E-state index in [2.05, 4.69) is 24.0 Å². The molecule has 0 fully saturated rings. The maximum absolute atomic E-state index is 5.23. The Hall–Kier alpha value is -1.49. The number of thioether (sulfide) groups is 1. The molecule has 0 N–H and O–H groups in total. The lowest BCUT2D eigenvalue weighted by Crippen LogP contribution is -1.96. The summed E-state index contributed by atoms with van der Waals surface area (Å²) in [6, 6.07) is 7.94. The van der Waals surface area contributed by atoms with E-state index in [0.29, 0.717) is 17.6 Å². The minimum atomic E-state index is 0.538. The molecule has 0 aliphatic heterocycles. The summed E-state index contributed by atoms with van der Waals surface area (Å²) in [5.74, 6) is 3.53. The van der Waals surface area contributed by atoms with Crippen LogP contribution in [0.1, 0.15) is 25.6 Å². The van der Waals surface area contributed by atoms with Crippen LogP contribution >= 0.6 is 11.8 Å². The minimum absolute atomic E-state index is 0.538. The molecule has 2 aromatic rings. The maximum atomic E-state index is 5.23. The van der Waals surface area contributed by atoms with E-state index in [1.165, 1.54) is 0 Å². The van der Waals surface area contributed by atoms with Crippen LogP contribution in [0.5, 0.6) is 5.75 Å². The number of methoxy groups -OCH3 is 1. The fourth-order valence-electron chi connectivity index (χ4n) is 1.63. The molecule has 4 nitrogen and oxygen atoms in total. The first-order chi connectivity index (χ1) is 9.17. The van der Waals surface area contributed by atoms with Crippen molar-refractivity contribution in [1.82, 2.24) is 10.1 Å². The van der Waals surface area contributed by atoms with E-state index in [1.807, 2.05) is 24.3 Å². The highest BCUT2D eigenvalue weighted by molar-refractivity contribution is 7.98. The summed E-state index contributed by atoms with van der Waals surface area (Å²) >= 11 is 1.66. The first-order valence-corrected chi connectivity index (χ1v) is 7.24. The smallest absolute Gasteiger partial charge is 0.237 e. The molecule has 102 valence electrons. The lowest BCUT2D eigenvalue weighted by molar-refractivity contribution is 0.382. The zero-order valence-electron chi connectivity index (χ0n) is 11.4. The molecule has 0 spiro atoms. The summed E-state index contributed by atoms with van der Waals surface area (Å²) in [5.41, 5.74) is 0. The molecule has 0 unspecified atom stereocenters. The Morgan fingerprint density at radius 1 is 1.37 bits per heavy atom. The fraction of sp³-hybridized carbons (Fsp3) is 0.429. The molecular formula is C14H18N2O2S. The Balaban J connectivity index is 1.92. The average Bonchev–Trinajstić information content (AvgIpc) is 2.83. The van der Waals surface area contributed by atoms with Crippen molar-refractivity contribution in [1.29, 1.82) is 0 Å². The first-order valence-electron chi connectivity index (χ1n) is 6.25. The molecule has 0 saturated carbocycles. The van der Waals surface area contributed by atoms with Gasteiger partial charge in [0.1, 0.15) is 5.75 Å². The molecular weight excluding hydrogens is 260 g/mol. The van der Waals surface area contributed by atoms with Crippen molar-refractivity contribution in [2.75, 3.05) is 7.11 Å². The van der Waals surface area contributed by atoms with Gasteiger partial charge in [-0.2, -0.15) is 4.98 Å². The van der Waals surface area contributed by atoms with Crippen LogP contribution in [0, 0.1) is 5.92 Å². The molecule has 0 amide bonds. The first kappa shape index (κ1) is 13.9. The van der Waals surface area contributed by atoms with Crippen molar-refractivity contribution in [3.8, 4) is 5.75 Å². The Morgan fingerprint density at radius 3 is 2.95 bits per heavy atom. The van der Waals surface area contributed by atoms with Crippen LogP contribution in [0.2, 0.25) is 0 Å². The van der Waals surface area contributed by atoms with Gasteiger partial charge in [0, 0.05) is 11.3 Å². The molecule has 0 atom stereocenters. The van der Waals surface area contributed by atoms with E-state index in [9.17, 15) is 0 Å². The normalized spacial score (nSPS) is 10.9. The van der Waals surface area contributed by atoms with Gasteiger partial charge in [-0.1, -0.05) is 25.1 Å². The zero-order chi connectivity index (χ0) is 13.7. The van der Waals surface area contributed by atoms with Gasteiger partial charge < -0.3 is 9.26 Å². The van der Waals surface area contributed by atoms with Gasteiger partial charge in [-0.05, 0) is 24.1 Å². The second-order valence-corrected chi connectivity index (χ2v) is 5.72. The number of hydrogen-bond acceptors (Lipinski definition) is 5. The third-order valence-electron chi connectivity index (χ3n) is 2.50. The highest BCUT2D eigenvalue weighted by Crippen LogP contribution is 2.25. The number of hydrogen-bond donors (Lipinski definition) is 0. The molecule has 0 bridgehead atoms. The Bertz CT molecular complexity index is 526. The summed E-state index contributed by atoms with van der Waals surface area (Å²) in [5, 5.41) is 3.98. The third kappa shape index (κ3) is 4.28. The predicted octanol–water partition coefficient (Wildman–Crippen LogP) is 3.57. The van der Waals surface area contributed by atoms with Crippen LogP contribution < -0.4 is 4.74 Å². The second kappa shape index (κ2) is 6.61. The van der Waals surface area contributed by atoms with Gasteiger partial charge in [0.05, 0.1) is 12.9 Å². The summed E-state index contributed by atoms with van der Waals surface area (Å²) in [7, 11) is 1.67. The molecule has 0 radical (unpaired) electrons. The fourth-order valence-corrected chi connectivity index (χ4v) is 2.41. The van der Waals surface area contributed by atoms with Crippen molar-refractivity contribution >= 4 is 11.8 Å². The quantitative estimate of drug-likeness (QED) is 0.756. The monoisotopic (exact) mass is 278 g/mol. The SMILES string of the molecule is COc1cccc(SCc2nc(CC(C)C)no2)c1. The predicted molar refractivity (Wildman–Crippen MR) is 75.4 cm³/mol. The largest absolute Gasteiger partial charge is 0.497 e. The van der Waals surface area contributed by atoms with Crippen molar-refractivity contribution in [2.45, 2.75) is 30.9 Å². The molecule has 19 heavy (non-hydrogen) atoms. The van der Waals surface area contributed by atoms with Crippen molar-refractivity contribution in [2.24, 2.45) is 5.92 Å².